The molecule has 2 aromatic carbocycles. The molecular weight excluding hydrogens is 384 g/mol. The quantitative estimate of drug-likeness (QED) is 0.778. The average molecular weight is 396 g/mol. The second-order valence-corrected chi connectivity index (χ2v) is 6.50. The summed E-state index contributed by atoms with van der Waals surface area (Å²) in [6, 6.07) is 11.4. The monoisotopic (exact) mass is 394 g/mol. The number of carbonyl (C=O) groups excluding carboxylic acids is 1. The van der Waals surface area contributed by atoms with E-state index < -0.39 is 0 Å². The minimum atomic E-state index is -0.381. The van der Waals surface area contributed by atoms with Gasteiger partial charge in [0.25, 0.3) is 5.91 Å². The summed E-state index contributed by atoms with van der Waals surface area (Å²) in [5, 5.41) is 6.22. The molecule has 0 aromatic heterocycles. The molecule has 0 saturated carbocycles. The molecule has 2 N–H and O–H groups in total. The number of anilines is 2. The van der Waals surface area contributed by atoms with E-state index >= 15 is 0 Å². The molecule has 20 heavy (non-hydrogen) atoms. The van der Waals surface area contributed by atoms with E-state index in [0.29, 0.717) is 0 Å². The molecule has 0 bridgehead atoms. The van der Waals surface area contributed by atoms with Crippen LogP contribution in [0.25, 0.3) is 0 Å². The van der Waals surface area contributed by atoms with E-state index in [2.05, 4.69) is 42.5 Å². The van der Waals surface area contributed by atoms with Crippen molar-refractivity contribution in [3.63, 3.8) is 0 Å². The van der Waals surface area contributed by atoms with Crippen molar-refractivity contribution in [1.82, 2.24) is 0 Å². The molecule has 2 aromatic rings. The number of hydrogen-bond donors (Lipinski definition) is 2. The summed E-state index contributed by atoms with van der Waals surface area (Å²) in [5.41, 5.74) is 3.86. The van der Waals surface area contributed by atoms with Crippen molar-refractivity contribution >= 4 is 49.1 Å². The number of benzene rings is 2. The van der Waals surface area contributed by atoms with E-state index in [9.17, 15) is 4.79 Å². The third kappa shape index (κ3) is 2.36. The number of fused-ring (bicyclic) bond motifs is 1. The van der Waals surface area contributed by atoms with Crippen LogP contribution < -0.4 is 10.6 Å². The zero-order valence-electron chi connectivity index (χ0n) is 10.7. The Bertz CT molecular complexity index is 700. The molecule has 3 nitrogen and oxygen atoms in total. The zero-order valence-corrected chi connectivity index (χ0v) is 13.9. The van der Waals surface area contributed by atoms with Gasteiger partial charge in [-0.25, -0.2) is 0 Å². The Morgan fingerprint density at radius 1 is 1.20 bits per heavy atom. The highest BCUT2D eigenvalue weighted by Crippen LogP contribution is 2.38. The molecule has 0 saturated heterocycles. The molecule has 3 rings (SSSR count). The van der Waals surface area contributed by atoms with Crippen molar-refractivity contribution in [3.05, 3.63) is 56.5 Å². The first-order valence-corrected chi connectivity index (χ1v) is 7.77. The van der Waals surface area contributed by atoms with Crippen LogP contribution in [0.5, 0.6) is 0 Å². The fraction of sp³-hybridized carbons (Fsp3) is 0.133. The molecule has 5 heteroatoms. The fourth-order valence-corrected chi connectivity index (χ4v) is 3.27. The smallest absolute Gasteiger partial charge is 0.251 e. The van der Waals surface area contributed by atoms with Gasteiger partial charge < -0.3 is 10.6 Å². The first-order valence-electron chi connectivity index (χ1n) is 6.18. The molecule has 1 unspecified atom stereocenters. The van der Waals surface area contributed by atoms with Crippen LogP contribution in [0.4, 0.5) is 11.4 Å². The van der Waals surface area contributed by atoms with Crippen LogP contribution in [0.2, 0.25) is 0 Å². The molecule has 102 valence electrons. The number of halogens is 2. The summed E-state index contributed by atoms with van der Waals surface area (Å²) >= 11 is 6.98. The summed E-state index contributed by atoms with van der Waals surface area (Å²) in [4.78, 5) is 12.2. The lowest BCUT2D eigenvalue weighted by Gasteiger charge is -2.16. The van der Waals surface area contributed by atoms with E-state index in [1.165, 1.54) is 0 Å². The van der Waals surface area contributed by atoms with E-state index in [-0.39, 0.29) is 11.9 Å². The summed E-state index contributed by atoms with van der Waals surface area (Å²) in [6.45, 7) is 2.02. The molecule has 0 radical (unpaired) electrons. The normalized spacial score (nSPS) is 16.8. The molecule has 0 spiro atoms. The Balaban J connectivity index is 2.00. The lowest BCUT2D eigenvalue weighted by atomic mass is 10.1. The van der Waals surface area contributed by atoms with Crippen molar-refractivity contribution < 1.29 is 4.79 Å². The maximum Gasteiger partial charge on any atom is 0.251 e. The maximum absolute atomic E-state index is 12.2. The van der Waals surface area contributed by atoms with Gasteiger partial charge in [0.15, 0.2) is 0 Å². The Hall–Kier alpha value is -1.33. The van der Waals surface area contributed by atoms with Crippen LogP contribution in [0.1, 0.15) is 17.2 Å². The molecule has 1 atom stereocenters. The molecule has 0 fully saturated rings. The molecule has 1 aliphatic heterocycles. The first kappa shape index (κ1) is 13.6. The van der Waals surface area contributed by atoms with Crippen molar-refractivity contribution in [2.45, 2.75) is 13.0 Å². The highest BCUT2D eigenvalue weighted by Gasteiger charge is 2.32. The average Bonchev–Trinajstić information content (AvgIpc) is 2.72. The Kier molecular flexibility index (Phi) is 3.56. The Morgan fingerprint density at radius 3 is 2.80 bits per heavy atom. The SMILES string of the molecule is Cc1ccc(Br)cc1NC1C(=O)Nc2cccc(Br)c21. The topological polar surface area (TPSA) is 41.1 Å². The van der Waals surface area contributed by atoms with Crippen LogP contribution in [0.15, 0.2) is 45.3 Å². The minimum Gasteiger partial charge on any atom is -0.370 e. The van der Waals surface area contributed by atoms with Gasteiger partial charge in [0.05, 0.1) is 0 Å². The number of aryl methyl sites for hydroxylation is 1. The van der Waals surface area contributed by atoms with E-state index in [1.54, 1.807) is 0 Å². The summed E-state index contributed by atoms with van der Waals surface area (Å²) in [6.07, 6.45) is 0. The number of rotatable bonds is 2. The van der Waals surface area contributed by atoms with Gasteiger partial charge in [0, 0.05) is 25.9 Å². The highest BCUT2D eigenvalue weighted by atomic mass is 79.9. The van der Waals surface area contributed by atoms with Crippen molar-refractivity contribution in [2.75, 3.05) is 10.6 Å². The van der Waals surface area contributed by atoms with Crippen LogP contribution in [-0.4, -0.2) is 5.91 Å². The summed E-state index contributed by atoms with van der Waals surface area (Å²) in [7, 11) is 0. The van der Waals surface area contributed by atoms with E-state index in [1.807, 2.05) is 43.3 Å². The van der Waals surface area contributed by atoms with Crippen LogP contribution in [-0.2, 0) is 4.79 Å². The first-order chi connectivity index (χ1) is 9.56. The van der Waals surface area contributed by atoms with Gasteiger partial charge in [-0.05, 0) is 36.8 Å². The standard InChI is InChI=1S/C15H12Br2N2O/c1-8-5-6-9(16)7-12(8)18-14-13-10(17)3-2-4-11(13)19-15(14)20/h2-7,14,18H,1H3,(H,19,20). The van der Waals surface area contributed by atoms with Gasteiger partial charge in [-0.15, -0.1) is 0 Å². The predicted molar refractivity (Wildman–Crippen MR) is 88.0 cm³/mol. The Morgan fingerprint density at radius 2 is 2.00 bits per heavy atom. The van der Waals surface area contributed by atoms with Crippen molar-refractivity contribution in [3.8, 4) is 0 Å². The Labute approximate surface area is 134 Å². The lowest BCUT2D eigenvalue weighted by Crippen LogP contribution is -2.20. The van der Waals surface area contributed by atoms with Gasteiger partial charge in [-0.3, -0.25) is 4.79 Å². The second kappa shape index (κ2) is 5.22. The third-order valence-electron chi connectivity index (χ3n) is 3.36. The largest absolute Gasteiger partial charge is 0.370 e. The number of nitrogens with one attached hydrogen (secondary N) is 2. The molecule has 0 aliphatic carbocycles. The zero-order chi connectivity index (χ0) is 14.3. The number of hydrogen-bond acceptors (Lipinski definition) is 2. The van der Waals surface area contributed by atoms with Gasteiger partial charge in [-0.2, -0.15) is 0 Å². The van der Waals surface area contributed by atoms with Crippen molar-refractivity contribution in [2.24, 2.45) is 0 Å². The lowest BCUT2D eigenvalue weighted by molar-refractivity contribution is -0.116. The van der Waals surface area contributed by atoms with E-state index in [0.717, 1.165) is 31.4 Å². The highest BCUT2D eigenvalue weighted by molar-refractivity contribution is 9.10. The van der Waals surface area contributed by atoms with Gasteiger partial charge in [0.2, 0.25) is 0 Å². The third-order valence-corrected chi connectivity index (χ3v) is 4.55. The van der Waals surface area contributed by atoms with Crippen LogP contribution >= 0.6 is 31.9 Å². The predicted octanol–water partition coefficient (Wildman–Crippen LogP) is 4.63. The molecule has 1 amide bonds. The summed E-state index contributed by atoms with van der Waals surface area (Å²) < 4.78 is 1.91. The second-order valence-electron chi connectivity index (χ2n) is 4.73. The van der Waals surface area contributed by atoms with Gasteiger partial charge in [0.1, 0.15) is 6.04 Å². The van der Waals surface area contributed by atoms with Gasteiger partial charge >= 0.3 is 0 Å². The number of carbonyl (C=O) groups is 1. The summed E-state index contributed by atoms with van der Waals surface area (Å²) in [5.74, 6) is -0.0359. The van der Waals surface area contributed by atoms with Crippen LogP contribution in [0.3, 0.4) is 0 Å². The van der Waals surface area contributed by atoms with Crippen molar-refractivity contribution in [1.29, 1.82) is 0 Å². The van der Waals surface area contributed by atoms with E-state index in [4.69, 9.17) is 0 Å². The maximum atomic E-state index is 12.2. The van der Waals surface area contributed by atoms with Gasteiger partial charge in [-0.1, -0.05) is 44.0 Å². The number of amides is 1. The fourth-order valence-electron chi connectivity index (χ4n) is 2.32. The molecular formula is C15H12Br2N2O. The minimum absolute atomic E-state index is 0.0359. The van der Waals surface area contributed by atoms with Crippen LogP contribution in [0, 0.1) is 6.92 Å². The molecule has 1 aliphatic rings. The molecule has 1 heterocycles.